The van der Waals surface area contributed by atoms with Crippen LogP contribution >= 0.6 is 0 Å². The third-order valence-corrected chi connectivity index (χ3v) is 4.00. The molecule has 0 bridgehead atoms. The van der Waals surface area contributed by atoms with E-state index in [0.29, 0.717) is 0 Å². The molecule has 0 fully saturated rings. The van der Waals surface area contributed by atoms with Gasteiger partial charge in [0.05, 0.1) is 0 Å². The molecule has 0 nitrogen and oxygen atoms in total. The molecular weight excluding hydrogens is 360 g/mol. The Bertz CT molecular complexity index is 667. The van der Waals surface area contributed by atoms with Gasteiger partial charge in [0.25, 0.3) is 0 Å². The molecule has 0 aliphatic heterocycles. The minimum atomic E-state index is 1.19. The highest BCUT2D eigenvalue weighted by Crippen LogP contribution is 2.07. The molecule has 30 heavy (non-hydrogen) atoms. The first-order valence-electron chi connectivity index (χ1n) is 11.2. The van der Waals surface area contributed by atoms with Crippen molar-refractivity contribution in [3.8, 4) is 0 Å². The molecular formula is C30H40. The maximum atomic E-state index is 3.62. The summed E-state index contributed by atoms with van der Waals surface area (Å²) in [6.45, 7) is 5.88. The van der Waals surface area contributed by atoms with Crippen molar-refractivity contribution >= 4 is 0 Å². The van der Waals surface area contributed by atoms with Crippen LogP contribution in [0.3, 0.4) is 0 Å². The van der Waals surface area contributed by atoms with Crippen molar-refractivity contribution in [1.82, 2.24) is 0 Å². The Morgan fingerprint density at radius 3 is 1.13 bits per heavy atom. The highest BCUT2D eigenvalue weighted by molar-refractivity contribution is 5.22. The van der Waals surface area contributed by atoms with Gasteiger partial charge in [-0.1, -0.05) is 173 Å². The van der Waals surface area contributed by atoms with Crippen molar-refractivity contribution < 1.29 is 0 Å². The van der Waals surface area contributed by atoms with Crippen LogP contribution in [0.2, 0.25) is 0 Å². The van der Waals surface area contributed by atoms with Crippen molar-refractivity contribution in [2.24, 2.45) is 0 Å². The molecule has 0 N–H and O–H groups in total. The Morgan fingerprint density at radius 2 is 0.733 bits per heavy atom. The van der Waals surface area contributed by atoms with E-state index in [0.717, 1.165) is 0 Å². The monoisotopic (exact) mass is 400 g/mol. The van der Waals surface area contributed by atoms with Gasteiger partial charge in [0.1, 0.15) is 0 Å². The van der Waals surface area contributed by atoms with Crippen LogP contribution in [0.1, 0.15) is 51.9 Å². The van der Waals surface area contributed by atoms with Crippen molar-refractivity contribution in [3.05, 3.63) is 134 Å². The molecule has 0 aliphatic rings. The van der Waals surface area contributed by atoms with Crippen molar-refractivity contribution in [3.63, 3.8) is 0 Å². The van der Waals surface area contributed by atoms with Gasteiger partial charge >= 0.3 is 0 Å². The predicted molar refractivity (Wildman–Crippen MR) is 140 cm³/mol. The third kappa shape index (κ3) is 25.1. The van der Waals surface area contributed by atoms with Gasteiger partial charge < -0.3 is 0 Å². The van der Waals surface area contributed by atoms with Gasteiger partial charge in [-0.3, -0.25) is 0 Å². The Balaban J connectivity index is 3.77. The first-order valence-corrected chi connectivity index (χ1v) is 11.2. The van der Waals surface area contributed by atoms with Crippen LogP contribution in [0.5, 0.6) is 0 Å². The van der Waals surface area contributed by atoms with Gasteiger partial charge in [0.2, 0.25) is 0 Å². The average Bonchev–Trinajstić information content (AvgIpc) is 2.76. The van der Waals surface area contributed by atoms with Gasteiger partial charge in [0, 0.05) is 0 Å². The van der Waals surface area contributed by atoms with Crippen molar-refractivity contribution in [2.75, 3.05) is 0 Å². The first-order chi connectivity index (χ1) is 14.9. The van der Waals surface area contributed by atoms with Crippen LogP contribution in [0, 0.1) is 0 Å². The highest BCUT2D eigenvalue weighted by atomic mass is 13.9. The molecule has 0 aromatic carbocycles. The summed E-state index contributed by atoms with van der Waals surface area (Å²) in [5, 5.41) is 0. The zero-order valence-corrected chi connectivity index (χ0v) is 18.8. The average molecular weight is 401 g/mol. The molecule has 0 aromatic rings. The molecule has 0 amide bonds. The van der Waals surface area contributed by atoms with Gasteiger partial charge in [-0.25, -0.2) is 0 Å². The Labute approximate surface area is 186 Å². The fourth-order valence-corrected chi connectivity index (χ4v) is 2.39. The van der Waals surface area contributed by atoms with E-state index in [1.54, 1.807) is 6.08 Å². The lowest BCUT2D eigenvalue weighted by Gasteiger charge is -1.97. The van der Waals surface area contributed by atoms with Crippen LogP contribution < -0.4 is 0 Å². The fraction of sp³-hybridized carbons (Fsp3) is 0.267. The molecule has 0 spiro atoms. The molecule has 0 saturated heterocycles. The van der Waals surface area contributed by atoms with Crippen LogP contribution in [-0.4, -0.2) is 0 Å². The van der Waals surface area contributed by atoms with E-state index in [9.17, 15) is 0 Å². The summed E-state index contributed by atoms with van der Waals surface area (Å²) in [5.41, 5.74) is 0. The number of rotatable bonds is 17. The zero-order chi connectivity index (χ0) is 21.8. The molecule has 0 atom stereocenters. The molecule has 0 unspecified atom stereocenters. The fourth-order valence-electron chi connectivity index (χ4n) is 2.39. The van der Waals surface area contributed by atoms with Crippen molar-refractivity contribution in [1.29, 1.82) is 0 Å². The molecule has 0 aromatic heterocycles. The molecule has 0 radical (unpaired) electrons. The standard InChI is InChI=1S/C30H40/c1-3-5-7-9-11-13-15-17-19-21-23-25-27-29-30-28-26-24-22-20-18-16-14-12-10-8-6-4-2/h3,5,7,9,11,13,15,17-30H,1,4,6,8,10,12,14,16H2,2H3/b7-5+,11-9+,15-13+,19-17+,20-18+,23-21+,24-22+,27-25+,28-26+,30-29+. The molecule has 0 aliphatic carbocycles. The second kappa shape index (κ2) is 26.1. The van der Waals surface area contributed by atoms with E-state index in [1.165, 1.54) is 44.9 Å². The summed E-state index contributed by atoms with van der Waals surface area (Å²) in [5.74, 6) is 0. The lowest BCUT2D eigenvalue weighted by atomic mass is 10.1. The molecule has 160 valence electrons. The minimum absolute atomic E-state index is 1.19. The number of hydrogen-bond donors (Lipinski definition) is 0. The van der Waals surface area contributed by atoms with E-state index in [4.69, 9.17) is 0 Å². The quantitative estimate of drug-likeness (QED) is 0.168. The van der Waals surface area contributed by atoms with E-state index < -0.39 is 0 Å². The van der Waals surface area contributed by atoms with Crippen LogP contribution in [0.15, 0.2) is 134 Å². The first kappa shape index (κ1) is 27.1. The minimum Gasteiger partial charge on any atom is -0.0991 e. The Kier molecular flexibility index (Phi) is 23.6. The molecule has 0 heteroatoms. The van der Waals surface area contributed by atoms with Crippen LogP contribution in [-0.2, 0) is 0 Å². The third-order valence-electron chi connectivity index (χ3n) is 4.00. The largest absolute Gasteiger partial charge is 0.0991 e. The Morgan fingerprint density at radius 1 is 0.400 bits per heavy atom. The summed E-state index contributed by atoms with van der Waals surface area (Å²) in [4.78, 5) is 0. The maximum absolute atomic E-state index is 3.62. The lowest BCUT2D eigenvalue weighted by molar-refractivity contribution is 0.611. The summed E-state index contributed by atoms with van der Waals surface area (Å²) in [7, 11) is 0. The second-order valence-corrected chi connectivity index (χ2v) is 6.68. The topological polar surface area (TPSA) is 0 Å². The second-order valence-electron chi connectivity index (χ2n) is 6.68. The number of unbranched alkanes of at least 4 members (excludes halogenated alkanes) is 6. The number of allylic oxidation sites excluding steroid dienone is 21. The van der Waals surface area contributed by atoms with Gasteiger partial charge in [-0.15, -0.1) is 0 Å². The molecule has 0 heterocycles. The summed E-state index contributed by atoms with van der Waals surface area (Å²) in [6, 6.07) is 0. The highest BCUT2D eigenvalue weighted by Gasteiger charge is 1.87. The van der Waals surface area contributed by atoms with E-state index in [2.05, 4.69) is 37.8 Å². The van der Waals surface area contributed by atoms with Crippen LogP contribution in [0.25, 0.3) is 0 Å². The molecule has 0 saturated carbocycles. The smallest absolute Gasteiger partial charge is 0.0348 e. The van der Waals surface area contributed by atoms with E-state index in [1.807, 2.05) is 97.2 Å². The van der Waals surface area contributed by atoms with Gasteiger partial charge in [0.15, 0.2) is 0 Å². The van der Waals surface area contributed by atoms with E-state index in [-0.39, 0.29) is 0 Å². The predicted octanol–water partition coefficient (Wildman–Crippen LogP) is 9.48. The van der Waals surface area contributed by atoms with Crippen molar-refractivity contribution in [2.45, 2.75) is 51.9 Å². The van der Waals surface area contributed by atoms with E-state index >= 15 is 0 Å². The zero-order valence-electron chi connectivity index (χ0n) is 18.8. The lowest BCUT2D eigenvalue weighted by Crippen LogP contribution is -1.77. The molecule has 0 rings (SSSR count). The Hall–Kier alpha value is -2.86. The van der Waals surface area contributed by atoms with Crippen LogP contribution in [0.4, 0.5) is 0 Å². The van der Waals surface area contributed by atoms with Gasteiger partial charge in [-0.05, 0) is 12.8 Å². The summed E-state index contributed by atoms with van der Waals surface area (Å²) in [6.07, 6.45) is 51.6. The number of hydrogen-bond acceptors (Lipinski definition) is 0. The SMILES string of the molecule is C=C/C=C/C=C/C=C/C=C/C=C/C=C/C=C/C=C/C=C/C=C/CCCCCCCC. The van der Waals surface area contributed by atoms with Gasteiger partial charge in [-0.2, -0.15) is 0 Å². The normalized spacial score (nSPS) is 13.9. The summed E-state index contributed by atoms with van der Waals surface area (Å²) < 4.78 is 0. The summed E-state index contributed by atoms with van der Waals surface area (Å²) >= 11 is 0. The maximum Gasteiger partial charge on any atom is -0.0348 e.